The van der Waals surface area contributed by atoms with Crippen LogP contribution < -0.4 is 20.1 Å². The summed E-state index contributed by atoms with van der Waals surface area (Å²) in [5.41, 5.74) is 0.938. The van der Waals surface area contributed by atoms with Crippen molar-refractivity contribution in [3.05, 3.63) is 23.8 Å². The normalized spacial score (nSPS) is 11.3. The number of carbonyl (C=O) groups excluding carboxylic acids is 1. The average Bonchev–Trinajstić information content (AvgIpc) is 2.51. The Morgan fingerprint density at radius 1 is 1.48 bits per heavy atom. The second-order valence-corrected chi connectivity index (χ2v) is 4.41. The highest BCUT2D eigenvalue weighted by atomic mass is 16.5. The second-order valence-electron chi connectivity index (χ2n) is 4.41. The van der Waals surface area contributed by atoms with Gasteiger partial charge in [-0.15, -0.1) is 6.42 Å². The highest BCUT2D eigenvalue weighted by Crippen LogP contribution is 2.31. The molecule has 0 saturated heterocycles. The van der Waals surface area contributed by atoms with E-state index in [1.807, 2.05) is 19.1 Å². The van der Waals surface area contributed by atoms with Gasteiger partial charge in [0.05, 0.1) is 13.7 Å². The molecule has 1 amide bonds. The maximum absolute atomic E-state index is 11.8. The zero-order chi connectivity index (χ0) is 15.7. The van der Waals surface area contributed by atoms with Crippen molar-refractivity contribution in [2.45, 2.75) is 26.5 Å². The molecule has 2 N–H and O–H groups in total. The first-order chi connectivity index (χ1) is 10.1. The van der Waals surface area contributed by atoms with Gasteiger partial charge >= 0.3 is 0 Å². The summed E-state index contributed by atoms with van der Waals surface area (Å²) in [4.78, 5) is 11.8. The molecule has 0 radical (unpaired) electrons. The van der Waals surface area contributed by atoms with Crippen molar-refractivity contribution in [1.29, 1.82) is 0 Å². The minimum absolute atomic E-state index is 0.183. The van der Waals surface area contributed by atoms with Crippen LogP contribution in [0.3, 0.4) is 0 Å². The number of terminal acetylenes is 1. The predicted octanol–water partition coefficient (Wildman–Crippen LogP) is 1.32. The number of ether oxygens (including phenoxy) is 2. The summed E-state index contributed by atoms with van der Waals surface area (Å²) in [6.45, 7) is 5.37. The van der Waals surface area contributed by atoms with Crippen LogP contribution in [-0.4, -0.2) is 32.2 Å². The lowest BCUT2D eigenvalue weighted by atomic mass is 10.1. The number of hydrogen-bond acceptors (Lipinski definition) is 4. The van der Waals surface area contributed by atoms with Crippen LogP contribution in [0.15, 0.2) is 18.2 Å². The summed E-state index contributed by atoms with van der Waals surface area (Å²) in [7, 11) is 1.57. The molecule has 21 heavy (non-hydrogen) atoms. The summed E-state index contributed by atoms with van der Waals surface area (Å²) < 4.78 is 11.1. The fraction of sp³-hybridized carbons (Fsp3) is 0.438. The van der Waals surface area contributed by atoms with E-state index in [2.05, 4.69) is 16.6 Å². The third-order valence-electron chi connectivity index (χ3n) is 2.87. The van der Waals surface area contributed by atoms with Crippen molar-refractivity contribution < 1.29 is 14.3 Å². The van der Waals surface area contributed by atoms with E-state index < -0.39 is 6.10 Å². The molecule has 0 saturated carbocycles. The molecule has 1 rings (SSSR count). The Kier molecular flexibility index (Phi) is 7.13. The van der Waals surface area contributed by atoms with Crippen LogP contribution in [0.5, 0.6) is 11.5 Å². The van der Waals surface area contributed by atoms with E-state index in [0.29, 0.717) is 18.0 Å². The van der Waals surface area contributed by atoms with Gasteiger partial charge in [0.15, 0.2) is 17.6 Å². The molecule has 114 valence electrons. The number of methoxy groups -OCH3 is 1. The molecule has 0 aliphatic heterocycles. The van der Waals surface area contributed by atoms with Crippen LogP contribution in [0.2, 0.25) is 0 Å². The number of amides is 1. The van der Waals surface area contributed by atoms with Crippen LogP contribution in [0.4, 0.5) is 0 Å². The van der Waals surface area contributed by atoms with Gasteiger partial charge in [-0.1, -0.05) is 25.0 Å². The van der Waals surface area contributed by atoms with Crippen molar-refractivity contribution >= 4 is 5.91 Å². The molecule has 1 atom stereocenters. The molecule has 0 heterocycles. The van der Waals surface area contributed by atoms with E-state index in [9.17, 15) is 4.79 Å². The van der Waals surface area contributed by atoms with Gasteiger partial charge in [-0.25, -0.2) is 0 Å². The lowest BCUT2D eigenvalue weighted by molar-refractivity contribution is -0.127. The molecule has 0 spiro atoms. The third-order valence-corrected chi connectivity index (χ3v) is 2.87. The predicted molar refractivity (Wildman–Crippen MR) is 82.3 cm³/mol. The standard InChI is InChI=1S/C16H22N2O3/c1-5-10-18-16(19)12(3)21-15-13(11-17-6-2)8-7-9-14(15)20-4/h1,7-9,12,17H,6,10-11H2,2-4H3,(H,18,19). The smallest absolute Gasteiger partial charge is 0.261 e. The monoisotopic (exact) mass is 290 g/mol. The van der Waals surface area contributed by atoms with Crippen molar-refractivity contribution in [2.75, 3.05) is 20.2 Å². The molecule has 0 aromatic heterocycles. The van der Waals surface area contributed by atoms with Crippen LogP contribution >= 0.6 is 0 Å². The van der Waals surface area contributed by atoms with E-state index in [0.717, 1.165) is 12.1 Å². The Bertz CT molecular complexity index is 509. The number of para-hydroxylation sites is 1. The van der Waals surface area contributed by atoms with Crippen molar-refractivity contribution in [3.63, 3.8) is 0 Å². The minimum Gasteiger partial charge on any atom is -0.493 e. The molecular weight excluding hydrogens is 268 g/mol. The largest absolute Gasteiger partial charge is 0.493 e. The maximum atomic E-state index is 11.8. The molecule has 0 aliphatic rings. The van der Waals surface area contributed by atoms with Gasteiger partial charge in [-0.05, 0) is 19.5 Å². The Morgan fingerprint density at radius 2 is 2.24 bits per heavy atom. The quantitative estimate of drug-likeness (QED) is 0.709. The second kappa shape index (κ2) is 8.88. The Labute approximate surface area is 126 Å². The van der Waals surface area contributed by atoms with Crippen molar-refractivity contribution in [3.8, 4) is 23.8 Å². The molecule has 5 nitrogen and oxygen atoms in total. The maximum Gasteiger partial charge on any atom is 0.261 e. The number of benzene rings is 1. The summed E-state index contributed by atoms with van der Waals surface area (Å²) in [5, 5.41) is 5.83. The zero-order valence-corrected chi connectivity index (χ0v) is 12.7. The van der Waals surface area contributed by atoms with Gasteiger partial charge in [0.1, 0.15) is 0 Å². The Hall–Kier alpha value is -2.19. The van der Waals surface area contributed by atoms with Crippen molar-refractivity contribution in [1.82, 2.24) is 10.6 Å². The molecule has 1 unspecified atom stereocenters. The highest BCUT2D eigenvalue weighted by Gasteiger charge is 2.18. The van der Waals surface area contributed by atoms with Gasteiger partial charge in [-0.3, -0.25) is 4.79 Å². The lowest BCUT2D eigenvalue weighted by Crippen LogP contribution is -2.36. The van der Waals surface area contributed by atoms with Gasteiger partial charge in [0.2, 0.25) is 0 Å². The summed E-state index contributed by atoms with van der Waals surface area (Å²) in [6, 6.07) is 5.63. The molecule has 0 aliphatic carbocycles. The van der Waals surface area contributed by atoms with Gasteiger partial charge in [-0.2, -0.15) is 0 Å². The van der Waals surface area contributed by atoms with E-state index in [1.165, 1.54) is 0 Å². The molecule has 1 aromatic rings. The first kappa shape index (κ1) is 16.9. The van der Waals surface area contributed by atoms with E-state index in [-0.39, 0.29) is 12.5 Å². The number of nitrogens with one attached hydrogen (secondary N) is 2. The van der Waals surface area contributed by atoms with Crippen LogP contribution in [0, 0.1) is 12.3 Å². The molecule has 5 heteroatoms. The Morgan fingerprint density at radius 3 is 2.86 bits per heavy atom. The zero-order valence-electron chi connectivity index (χ0n) is 12.7. The van der Waals surface area contributed by atoms with E-state index in [4.69, 9.17) is 15.9 Å². The number of rotatable bonds is 8. The SMILES string of the molecule is C#CCNC(=O)C(C)Oc1c(CNCC)cccc1OC. The average molecular weight is 290 g/mol. The topological polar surface area (TPSA) is 59.6 Å². The van der Waals surface area contributed by atoms with Gasteiger partial charge in [0, 0.05) is 12.1 Å². The fourth-order valence-corrected chi connectivity index (χ4v) is 1.77. The number of carbonyl (C=O) groups is 1. The van der Waals surface area contributed by atoms with E-state index >= 15 is 0 Å². The molecule has 0 fully saturated rings. The van der Waals surface area contributed by atoms with Crippen LogP contribution in [0.25, 0.3) is 0 Å². The first-order valence-electron chi connectivity index (χ1n) is 6.88. The fourth-order valence-electron chi connectivity index (χ4n) is 1.77. The Balaban J connectivity index is 2.88. The first-order valence-corrected chi connectivity index (χ1v) is 6.88. The van der Waals surface area contributed by atoms with E-state index in [1.54, 1.807) is 20.1 Å². The third kappa shape index (κ3) is 5.01. The van der Waals surface area contributed by atoms with Crippen LogP contribution in [0.1, 0.15) is 19.4 Å². The van der Waals surface area contributed by atoms with Crippen molar-refractivity contribution in [2.24, 2.45) is 0 Å². The molecule has 0 bridgehead atoms. The summed E-state index contributed by atoms with van der Waals surface area (Å²) >= 11 is 0. The van der Waals surface area contributed by atoms with Gasteiger partial charge < -0.3 is 20.1 Å². The summed E-state index contributed by atoms with van der Waals surface area (Å²) in [5.74, 6) is 3.27. The minimum atomic E-state index is -0.657. The lowest BCUT2D eigenvalue weighted by Gasteiger charge is -2.19. The summed E-state index contributed by atoms with van der Waals surface area (Å²) in [6.07, 6.45) is 4.46. The molecule has 1 aromatic carbocycles. The molecular formula is C16H22N2O3. The van der Waals surface area contributed by atoms with Gasteiger partial charge in [0.25, 0.3) is 5.91 Å². The highest BCUT2D eigenvalue weighted by molar-refractivity contribution is 5.81. The van der Waals surface area contributed by atoms with Crippen LogP contribution in [-0.2, 0) is 11.3 Å². The number of hydrogen-bond donors (Lipinski definition) is 2.